The van der Waals surface area contributed by atoms with Gasteiger partial charge in [0.05, 0.1) is 22.1 Å². The summed E-state index contributed by atoms with van der Waals surface area (Å²) in [5.74, 6) is 0. The fourth-order valence-electron chi connectivity index (χ4n) is 7.25. The summed E-state index contributed by atoms with van der Waals surface area (Å²) in [6.45, 7) is 0. The Hall–Kier alpha value is -5.52. The van der Waals surface area contributed by atoms with Crippen LogP contribution in [0.2, 0.25) is 0 Å². The predicted octanol–water partition coefficient (Wildman–Crippen LogP) is 10.7. The van der Waals surface area contributed by atoms with Crippen molar-refractivity contribution in [2.75, 3.05) is 0 Å². The number of hydrogen-bond donors (Lipinski definition) is 0. The quantitative estimate of drug-likeness (QED) is 0.199. The van der Waals surface area contributed by atoms with Gasteiger partial charge in [-0.05, 0) is 71.8 Å². The van der Waals surface area contributed by atoms with Gasteiger partial charge in [-0.15, -0.1) is 11.3 Å². The summed E-state index contributed by atoms with van der Waals surface area (Å²) >= 11 is 1.86. The van der Waals surface area contributed by atoms with E-state index in [9.17, 15) is 0 Å². The second kappa shape index (κ2) is 7.65. The van der Waals surface area contributed by atoms with Crippen LogP contribution in [0.1, 0.15) is 0 Å². The number of benzene rings is 6. The molecular formula is C38H19N3OS. The van der Waals surface area contributed by atoms with Crippen LogP contribution in [-0.4, -0.2) is 14.4 Å². The van der Waals surface area contributed by atoms with Crippen LogP contribution >= 0.6 is 11.3 Å². The Morgan fingerprint density at radius 1 is 0.535 bits per heavy atom. The third kappa shape index (κ3) is 2.75. The molecule has 0 radical (unpaired) electrons. The molecule has 4 nitrogen and oxygen atoms in total. The first kappa shape index (κ1) is 22.1. The van der Waals surface area contributed by atoms with Crippen molar-refractivity contribution < 1.29 is 4.42 Å². The molecule has 0 N–H and O–H groups in total. The SMILES string of the molecule is c1ccc2nc3c(nc2c1)c1cc(-c2ccc4oc5ccccc5c4c2)cc2c4c5c(ccc4n3c12)sc1ccccc15. The van der Waals surface area contributed by atoms with Crippen molar-refractivity contribution in [3.05, 3.63) is 115 Å². The molecular weight excluding hydrogens is 547 g/mol. The van der Waals surface area contributed by atoms with E-state index >= 15 is 0 Å². The Morgan fingerprint density at radius 3 is 2.21 bits per heavy atom. The van der Waals surface area contributed by atoms with Gasteiger partial charge in [0.2, 0.25) is 0 Å². The lowest BCUT2D eigenvalue weighted by Gasteiger charge is -2.05. The zero-order valence-electron chi connectivity index (χ0n) is 22.6. The zero-order valence-corrected chi connectivity index (χ0v) is 23.4. The molecule has 5 heteroatoms. The molecule has 43 heavy (non-hydrogen) atoms. The summed E-state index contributed by atoms with van der Waals surface area (Å²) in [6.07, 6.45) is 0. The van der Waals surface area contributed by atoms with Crippen LogP contribution < -0.4 is 0 Å². The fourth-order valence-corrected chi connectivity index (χ4v) is 8.36. The summed E-state index contributed by atoms with van der Waals surface area (Å²) in [7, 11) is 0. The lowest BCUT2D eigenvalue weighted by atomic mass is 9.97. The molecule has 0 atom stereocenters. The van der Waals surface area contributed by atoms with Crippen LogP contribution in [-0.2, 0) is 0 Å². The third-order valence-corrected chi connectivity index (χ3v) is 10.2. The standard InChI is InChI=1S/C38H19N3OS/c1-5-11-30-22(7-1)24-17-20(13-15-31(24)42-30)21-18-25-34-29(14-16-33-35(34)23-8-2-6-12-32(23)43-33)41-37(25)26(19-21)36-38(41)40-28-10-4-3-9-27(28)39-36/h1-19H. The molecule has 0 aliphatic rings. The van der Waals surface area contributed by atoms with Crippen LogP contribution in [0, 0.1) is 0 Å². The van der Waals surface area contributed by atoms with E-state index in [1.807, 2.05) is 41.7 Å². The number of hydrogen-bond acceptors (Lipinski definition) is 4. The van der Waals surface area contributed by atoms with Crippen molar-refractivity contribution in [2.24, 2.45) is 0 Å². The molecule has 0 amide bonds. The summed E-state index contributed by atoms with van der Waals surface area (Å²) < 4.78 is 11.1. The van der Waals surface area contributed by atoms with E-state index in [4.69, 9.17) is 14.4 Å². The van der Waals surface area contributed by atoms with Crippen molar-refractivity contribution in [3.63, 3.8) is 0 Å². The normalized spacial score (nSPS) is 12.7. The highest BCUT2D eigenvalue weighted by Crippen LogP contribution is 2.47. The van der Waals surface area contributed by atoms with Gasteiger partial charge in [0.1, 0.15) is 16.7 Å². The lowest BCUT2D eigenvalue weighted by Crippen LogP contribution is -1.88. The average molecular weight is 566 g/mol. The largest absolute Gasteiger partial charge is 0.456 e. The minimum atomic E-state index is 0.904. The second-order valence-electron chi connectivity index (χ2n) is 11.4. The highest BCUT2D eigenvalue weighted by molar-refractivity contribution is 7.26. The maximum atomic E-state index is 6.16. The van der Waals surface area contributed by atoms with Crippen molar-refractivity contribution in [1.29, 1.82) is 0 Å². The van der Waals surface area contributed by atoms with Gasteiger partial charge in [-0.2, -0.15) is 0 Å². The Morgan fingerprint density at radius 2 is 1.28 bits per heavy atom. The minimum absolute atomic E-state index is 0.904. The summed E-state index contributed by atoms with van der Waals surface area (Å²) in [5, 5.41) is 8.53. The van der Waals surface area contributed by atoms with Crippen molar-refractivity contribution in [1.82, 2.24) is 14.4 Å². The highest BCUT2D eigenvalue weighted by Gasteiger charge is 2.24. The van der Waals surface area contributed by atoms with Crippen LogP contribution in [0.5, 0.6) is 0 Å². The van der Waals surface area contributed by atoms with Gasteiger partial charge in [-0.3, -0.25) is 4.40 Å². The summed E-state index contributed by atoms with van der Waals surface area (Å²) in [6, 6.07) is 41.0. The maximum Gasteiger partial charge on any atom is 0.165 e. The van der Waals surface area contributed by atoms with Gasteiger partial charge < -0.3 is 4.42 Å². The van der Waals surface area contributed by atoms with Gasteiger partial charge in [0.15, 0.2) is 5.65 Å². The van der Waals surface area contributed by atoms with Crippen molar-refractivity contribution >= 4 is 103 Å². The minimum Gasteiger partial charge on any atom is -0.456 e. The van der Waals surface area contributed by atoms with Gasteiger partial charge in [-0.25, -0.2) is 9.97 Å². The van der Waals surface area contributed by atoms with Crippen molar-refractivity contribution in [3.8, 4) is 11.1 Å². The molecule has 5 heterocycles. The molecule has 11 rings (SSSR count). The smallest absolute Gasteiger partial charge is 0.165 e. The molecule has 0 spiro atoms. The van der Waals surface area contributed by atoms with Crippen molar-refractivity contribution in [2.45, 2.75) is 0 Å². The monoisotopic (exact) mass is 565 g/mol. The number of fused-ring (bicyclic) bond motifs is 14. The Labute approximate surface area is 247 Å². The number of para-hydroxylation sites is 3. The predicted molar refractivity (Wildman–Crippen MR) is 180 cm³/mol. The molecule has 198 valence electrons. The van der Waals surface area contributed by atoms with E-state index < -0.39 is 0 Å². The first-order valence-electron chi connectivity index (χ1n) is 14.4. The van der Waals surface area contributed by atoms with Crippen LogP contribution in [0.15, 0.2) is 120 Å². The molecule has 0 aliphatic heterocycles. The number of furan rings is 1. The molecule has 6 aromatic carbocycles. The number of rotatable bonds is 1. The number of thiophene rings is 1. The average Bonchev–Trinajstić information content (AvgIpc) is 3.79. The van der Waals surface area contributed by atoms with E-state index in [2.05, 4.69) is 89.3 Å². The molecule has 0 aliphatic carbocycles. The van der Waals surface area contributed by atoms with Gasteiger partial charge in [0, 0.05) is 47.1 Å². The third-order valence-electron chi connectivity index (χ3n) is 9.09. The van der Waals surface area contributed by atoms with E-state index in [0.29, 0.717) is 0 Å². The van der Waals surface area contributed by atoms with Gasteiger partial charge >= 0.3 is 0 Å². The van der Waals surface area contributed by atoms with Crippen LogP contribution in [0.3, 0.4) is 0 Å². The Balaban J connectivity index is 1.35. The lowest BCUT2D eigenvalue weighted by molar-refractivity contribution is 0.669. The summed E-state index contributed by atoms with van der Waals surface area (Å²) in [5.41, 5.74) is 10.1. The molecule has 0 unspecified atom stereocenters. The number of nitrogens with zero attached hydrogens (tertiary/aromatic N) is 3. The Bertz CT molecular complexity index is 2960. The Kier molecular flexibility index (Phi) is 3.94. The van der Waals surface area contributed by atoms with E-state index in [1.165, 1.54) is 42.0 Å². The fraction of sp³-hybridized carbons (Fsp3) is 0. The van der Waals surface area contributed by atoms with E-state index in [1.54, 1.807) is 0 Å². The molecule has 5 aromatic heterocycles. The van der Waals surface area contributed by atoms with Crippen LogP contribution in [0.25, 0.3) is 103 Å². The first-order chi connectivity index (χ1) is 21.3. The summed E-state index contributed by atoms with van der Waals surface area (Å²) in [4.78, 5) is 10.4. The zero-order chi connectivity index (χ0) is 27.8. The molecule has 0 fully saturated rings. The second-order valence-corrected chi connectivity index (χ2v) is 12.5. The molecule has 11 aromatic rings. The van der Waals surface area contributed by atoms with E-state index in [0.717, 1.165) is 60.6 Å². The van der Waals surface area contributed by atoms with Crippen LogP contribution in [0.4, 0.5) is 0 Å². The number of aromatic nitrogens is 3. The van der Waals surface area contributed by atoms with E-state index in [-0.39, 0.29) is 0 Å². The first-order valence-corrected chi connectivity index (χ1v) is 15.2. The highest BCUT2D eigenvalue weighted by atomic mass is 32.1. The molecule has 0 saturated heterocycles. The maximum absolute atomic E-state index is 6.16. The molecule has 0 saturated carbocycles. The topological polar surface area (TPSA) is 43.3 Å². The van der Waals surface area contributed by atoms with Gasteiger partial charge in [0.25, 0.3) is 0 Å². The molecule has 0 bridgehead atoms. The van der Waals surface area contributed by atoms with Gasteiger partial charge in [-0.1, -0.05) is 54.6 Å².